The van der Waals surface area contributed by atoms with E-state index in [9.17, 15) is 4.79 Å². The largest absolute Gasteiger partial charge is 0.379 e. The van der Waals surface area contributed by atoms with Crippen molar-refractivity contribution in [3.8, 4) is 0 Å². The van der Waals surface area contributed by atoms with Crippen molar-refractivity contribution < 1.29 is 9.53 Å². The highest BCUT2D eigenvalue weighted by Gasteiger charge is 2.17. The third kappa shape index (κ3) is 4.43. The number of carbonyl (C=O) groups is 1. The smallest absolute Gasteiger partial charge is 0.253 e. The van der Waals surface area contributed by atoms with Gasteiger partial charge in [0.05, 0.1) is 18.2 Å². The van der Waals surface area contributed by atoms with Crippen LogP contribution in [0.15, 0.2) is 30.5 Å². The van der Waals surface area contributed by atoms with E-state index >= 15 is 0 Å². The molecule has 5 nitrogen and oxygen atoms in total. The zero-order valence-corrected chi connectivity index (χ0v) is 14.1. The van der Waals surface area contributed by atoms with Crippen molar-refractivity contribution in [2.75, 3.05) is 18.5 Å². The number of nitrogens with one attached hydrogen (secondary N) is 2. The Labute approximate surface area is 144 Å². The molecule has 1 unspecified atom stereocenters. The Kier molecular flexibility index (Phi) is 5.48. The summed E-state index contributed by atoms with van der Waals surface area (Å²) in [6.07, 6.45) is 3.95. The fourth-order valence-electron chi connectivity index (χ4n) is 2.49. The number of halogens is 1. The average Bonchev–Trinajstić information content (AvgIpc) is 3.22. The Morgan fingerprint density at radius 3 is 3.04 bits per heavy atom. The molecule has 2 heterocycles. The lowest BCUT2D eigenvalue weighted by molar-refractivity contribution is 0.0858. The number of hydrogen-bond acceptors (Lipinski definition) is 5. The molecule has 1 aromatic carbocycles. The van der Waals surface area contributed by atoms with E-state index < -0.39 is 0 Å². The Morgan fingerprint density at radius 2 is 2.30 bits per heavy atom. The zero-order valence-electron chi connectivity index (χ0n) is 12.5. The van der Waals surface area contributed by atoms with Gasteiger partial charge in [-0.2, -0.15) is 0 Å². The van der Waals surface area contributed by atoms with E-state index in [1.54, 1.807) is 6.20 Å². The van der Waals surface area contributed by atoms with E-state index in [4.69, 9.17) is 16.3 Å². The highest BCUT2D eigenvalue weighted by atomic mass is 35.5. The van der Waals surface area contributed by atoms with Crippen molar-refractivity contribution in [3.05, 3.63) is 45.4 Å². The molecule has 3 rings (SSSR count). The minimum absolute atomic E-state index is 0.0917. The van der Waals surface area contributed by atoms with Crippen LogP contribution in [0.4, 0.5) is 5.69 Å². The molecule has 1 atom stereocenters. The second-order valence-electron chi connectivity index (χ2n) is 5.32. The summed E-state index contributed by atoms with van der Waals surface area (Å²) in [7, 11) is 0. The number of carbonyl (C=O) groups excluding carboxylic acids is 1. The predicted molar refractivity (Wildman–Crippen MR) is 92.2 cm³/mol. The van der Waals surface area contributed by atoms with Gasteiger partial charge in [-0.1, -0.05) is 23.7 Å². The van der Waals surface area contributed by atoms with Gasteiger partial charge in [-0.3, -0.25) is 4.79 Å². The predicted octanol–water partition coefficient (Wildman–Crippen LogP) is 3.32. The third-order valence-electron chi connectivity index (χ3n) is 3.66. The molecule has 0 saturated carbocycles. The number of rotatable bonds is 6. The van der Waals surface area contributed by atoms with E-state index in [-0.39, 0.29) is 12.0 Å². The quantitative estimate of drug-likeness (QED) is 0.838. The first kappa shape index (κ1) is 16.2. The van der Waals surface area contributed by atoms with E-state index in [0.717, 1.165) is 30.0 Å². The number of amides is 1. The number of ether oxygens (including phenoxy) is 1. The lowest BCUT2D eigenvalue weighted by Crippen LogP contribution is -2.32. The van der Waals surface area contributed by atoms with Gasteiger partial charge in [-0.25, -0.2) is 4.98 Å². The van der Waals surface area contributed by atoms with Crippen molar-refractivity contribution in [1.29, 1.82) is 0 Å². The van der Waals surface area contributed by atoms with Crippen molar-refractivity contribution in [3.63, 3.8) is 0 Å². The van der Waals surface area contributed by atoms with Gasteiger partial charge in [0.1, 0.15) is 0 Å². The molecule has 7 heteroatoms. The average molecular weight is 352 g/mol. The molecule has 0 spiro atoms. The molecule has 1 fully saturated rings. The Balaban J connectivity index is 1.60. The van der Waals surface area contributed by atoms with Crippen LogP contribution >= 0.6 is 22.9 Å². The van der Waals surface area contributed by atoms with Crippen LogP contribution in [0.2, 0.25) is 4.47 Å². The highest BCUT2D eigenvalue weighted by molar-refractivity contribution is 7.15. The molecule has 122 valence electrons. The van der Waals surface area contributed by atoms with Crippen molar-refractivity contribution in [1.82, 2.24) is 10.3 Å². The van der Waals surface area contributed by atoms with Gasteiger partial charge in [-0.15, -0.1) is 11.3 Å². The Hall–Kier alpha value is -1.63. The van der Waals surface area contributed by atoms with Crippen LogP contribution in [0, 0.1) is 0 Å². The summed E-state index contributed by atoms with van der Waals surface area (Å²) in [6.45, 7) is 1.92. The van der Waals surface area contributed by atoms with Crippen LogP contribution < -0.4 is 10.6 Å². The molecule has 1 aliphatic rings. The van der Waals surface area contributed by atoms with Crippen LogP contribution in [0.1, 0.15) is 28.1 Å². The molecule has 23 heavy (non-hydrogen) atoms. The summed E-state index contributed by atoms with van der Waals surface area (Å²) < 4.78 is 6.05. The molecule has 2 N–H and O–H groups in total. The first-order chi connectivity index (χ1) is 11.2. The summed E-state index contributed by atoms with van der Waals surface area (Å²) in [4.78, 5) is 17.4. The van der Waals surface area contributed by atoms with Gasteiger partial charge >= 0.3 is 0 Å². The first-order valence-electron chi connectivity index (χ1n) is 7.55. The van der Waals surface area contributed by atoms with Gasteiger partial charge in [0.2, 0.25) is 0 Å². The maximum Gasteiger partial charge on any atom is 0.253 e. The van der Waals surface area contributed by atoms with Crippen LogP contribution in [0.25, 0.3) is 0 Å². The number of benzene rings is 1. The number of para-hydroxylation sites is 1. The van der Waals surface area contributed by atoms with E-state index in [2.05, 4.69) is 15.6 Å². The molecule has 1 amide bonds. The Morgan fingerprint density at radius 1 is 1.43 bits per heavy atom. The van der Waals surface area contributed by atoms with E-state index in [1.807, 2.05) is 24.3 Å². The summed E-state index contributed by atoms with van der Waals surface area (Å²) in [5.41, 5.74) is 1.42. The topological polar surface area (TPSA) is 63.2 Å². The molecule has 0 radical (unpaired) electrons. The highest BCUT2D eigenvalue weighted by Crippen LogP contribution is 2.21. The van der Waals surface area contributed by atoms with E-state index in [0.29, 0.717) is 23.1 Å². The van der Waals surface area contributed by atoms with Crippen LogP contribution in [-0.2, 0) is 11.3 Å². The van der Waals surface area contributed by atoms with Gasteiger partial charge in [-0.05, 0) is 25.0 Å². The normalized spacial score (nSPS) is 17.2. The summed E-state index contributed by atoms with van der Waals surface area (Å²) in [5.74, 6) is -0.0917. The van der Waals surface area contributed by atoms with Crippen LogP contribution in [0.5, 0.6) is 0 Å². The minimum atomic E-state index is -0.0917. The van der Waals surface area contributed by atoms with Crippen LogP contribution in [0.3, 0.4) is 0 Å². The molecule has 0 aliphatic carbocycles. The molecule has 0 bridgehead atoms. The van der Waals surface area contributed by atoms with Gasteiger partial charge in [0, 0.05) is 29.9 Å². The number of hydrogen-bond donors (Lipinski definition) is 2. The molecular weight excluding hydrogens is 334 g/mol. The Bertz CT molecular complexity index is 671. The second-order valence-corrected chi connectivity index (χ2v) is 7.02. The van der Waals surface area contributed by atoms with Gasteiger partial charge < -0.3 is 15.4 Å². The minimum Gasteiger partial charge on any atom is -0.379 e. The van der Waals surface area contributed by atoms with E-state index in [1.165, 1.54) is 11.3 Å². The monoisotopic (exact) mass is 351 g/mol. The third-order valence-corrected chi connectivity index (χ3v) is 4.78. The number of aromatic nitrogens is 1. The molecule has 1 aromatic heterocycles. The number of thiazole rings is 1. The van der Waals surface area contributed by atoms with Crippen molar-refractivity contribution in [2.45, 2.75) is 25.5 Å². The molecule has 1 aliphatic heterocycles. The summed E-state index contributed by atoms with van der Waals surface area (Å²) >= 11 is 7.25. The van der Waals surface area contributed by atoms with Crippen LogP contribution in [-0.4, -0.2) is 30.1 Å². The lowest BCUT2D eigenvalue weighted by atomic mass is 10.1. The first-order valence-corrected chi connectivity index (χ1v) is 8.75. The van der Waals surface area contributed by atoms with Crippen molar-refractivity contribution >= 4 is 34.5 Å². The SMILES string of the molecule is O=C(NCC1CCCO1)c1ccccc1NCc1cnc(Cl)s1. The maximum absolute atomic E-state index is 12.4. The number of anilines is 1. The standard InChI is InChI=1S/C16H18ClN3O2S/c17-16-20-10-12(23-16)9-18-14-6-2-1-5-13(14)15(21)19-8-11-4-3-7-22-11/h1-2,5-6,10-11,18H,3-4,7-9H2,(H,19,21). The van der Waals surface area contributed by atoms with Gasteiger partial charge in [0.15, 0.2) is 4.47 Å². The zero-order chi connectivity index (χ0) is 16.1. The van der Waals surface area contributed by atoms with Crippen molar-refractivity contribution in [2.24, 2.45) is 0 Å². The summed E-state index contributed by atoms with van der Waals surface area (Å²) in [6, 6.07) is 7.46. The maximum atomic E-state index is 12.4. The second kappa shape index (κ2) is 7.77. The summed E-state index contributed by atoms with van der Waals surface area (Å²) in [5, 5.41) is 6.22. The van der Waals surface area contributed by atoms with Gasteiger partial charge in [0.25, 0.3) is 5.91 Å². The molecule has 1 saturated heterocycles. The molecule has 2 aromatic rings. The molecular formula is C16H18ClN3O2S. The fourth-order valence-corrected chi connectivity index (χ4v) is 3.41. The fraction of sp³-hybridized carbons (Fsp3) is 0.375. The lowest BCUT2D eigenvalue weighted by Gasteiger charge is -2.14. The number of nitrogens with zero attached hydrogens (tertiary/aromatic N) is 1.